The summed E-state index contributed by atoms with van der Waals surface area (Å²) < 4.78 is 34.2. The fourth-order valence-electron chi connectivity index (χ4n) is 11.7. The standard InChI is InChI=1S/C63H121NO18/c1-3-5-7-9-11-12-13-14-15-16-17-18-19-20-21-22-23-24-25-26-27-28-29-30-31-32-33-35-37-39-41-51(69)64-46(47(68)40-38-36-34-10-8-6-4-2)45-77-61-57(75)54(72)59(49(43-66)79-61)82-63-58(76)55(73)60(50(44-67)80-63)81-62-56(74)53(71)52(70)48(42-65)78-62/h46-50,52-63,65-68,70-76H,3-45H2,1-2H3,(H,64,69). The number of unbranched alkanes of at least 4 members (excludes halogenated alkanes) is 35. The number of rotatable bonds is 51. The van der Waals surface area contributed by atoms with Gasteiger partial charge in [0.05, 0.1) is 38.6 Å². The van der Waals surface area contributed by atoms with Crippen molar-refractivity contribution in [3.05, 3.63) is 0 Å². The van der Waals surface area contributed by atoms with E-state index in [9.17, 15) is 61.0 Å². The maximum Gasteiger partial charge on any atom is 0.220 e. The fourth-order valence-corrected chi connectivity index (χ4v) is 11.7. The van der Waals surface area contributed by atoms with Crippen LogP contribution in [0.1, 0.15) is 264 Å². The number of carbonyl (C=O) groups excluding carboxylic acids is 1. The molecular weight excluding hydrogens is 1060 g/mol. The van der Waals surface area contributed by atoms with Crippen molar-refractivity contribution < 1.29 is 89.4 Å². The van der Waals surface area contributed by atoms with E-state index in [-0.39, 0.29) is 18.9 Å². The van der Waals surface area contributed by atoms with Crippen molar-refractivity contribution in [2.45, 2.75) is 369 Å². The highest BCUT2D eigenvalue weighted by atomic mass is 16.8. The highest BCUT2D eigenvalue weighted by Crippen LogP contribution is 2.33. The number of aliphatic hydroxyl groups is 11. The number of carbonyl (C=O) groups is 1. The molecule has 17 atom stereocenters. The number of hydrogen-bond acceptors (Lipinski definition) is 18. The molecule has 486 valence electrons. The largest absolute Gasteiger partial charge is 0.394 e. The Hall–Kier alpha value is -1.21. The van der Waals surface area contributed by atoms with Gasteiger partial charge >= 0.3 is 0 Å². The van der Waals surface area contributed by atoms with E-state index >= 15 is 0 Å². The van der Waals surface area contributed by atoms with Crippen LogP contribution >= 0.6 is 0 Å². The van der Waals surface area contributed by atoms with Crippen LogP contribution in [-0.2, 0) is 33.2 Å². The zero-order chi connectivity index (χ0) is 59.7. The van der Waals surface area contributed by atoms with Crippen LogP contribution in [0.4, 0.5) is 0 Å². The van der Waals surface area contributed by atoms with E-state index in [4.69, 9.17) is 28.4 Å². The fraction of sp³-hybridized carbons (Fsp3) is 0.984. The predicted molar refractivity (Wildman–Crippen MR) is 314 cm³/mol. The molecule has 3 heterocycles. The first-order valence-electron chi connectivity index (χ1n) is 33.3. The Bertz CT molecular complexity index is 1500. The van der Waals surface area contributed by atoms with Gasteiger partial charge in [-0.05, 0) is 12.8 Å². The van der Waals surface area contributed by atoms with Crippen LogP contribution in [0.2, 0.25) is 0 Å². The summed E-state index contributed by atoms with van der Waals surface area (Å²) >= 11 is 0. The molecule has 0 aliphatic carbocycles. The lowest BCUT2D eigenvalue weighted by Gasteiger charge is -2.48. The summed E-state index contributed by atoms with van der Waals surface area (Å²) in [6.45, 7) is 1.76. The van der Waals surface area contributed by atoms with Gasteiger partial charge in [0.25, 0.3) is 0 Å². The van der Waals surface area contributed by atoms with E-state index in [1.165, 1.54) is 173 Å². The number of amides is 1. The average Bonchev–Trinajstić information content (AvgIpc) is 3.55. The van der Waals surface area contributed by atoms with Gasteiger partial charge in [0, 0.05) is 6.42 Å². The predicted octanol–water partition coefficient (Wildman–Crippen LogP) is 7.55. The van der Waals surface area contributed by atoms with E-state index in [2.05, 4.69) is 19.2 Å². The Labute approximate surface area is 493 Å². The lowest BCUT2D eigenvalue weighted by Crippen LogP contribution is -2.66. The summed E-state index contributed by atoms with van der Waals surface area (Å²) in [4.78, 5) is 13.3. The van der Waals surface area contributed by atoms with E-state index in [0.29, 0.717) is 12.8 Å². The molecule has 19 heteroatoms. The van der Waals surface area contributed by atoms with E-state index in [1.807, 2.05) is 0 Å². The monoisotopic (exact) mass is 1180 g/mol. The molecule has 0 aromatic heterocycles. The molecule has 3 saturated heterocycles. The third-order valence-corrected chi connectivity index (χ3v) is 17.2. The van der Waals surface area contributed by atoms with Gasteiger partial charge in [-0.15, -0.1) is 0 Å². The molecular formula is C63H121NO18. The summed E-state index contributed by atoms with van der Waals surface area (Å²) in [6.07, 6.45) is 21.2. The normalized spacial score (nSPS) is 29.5. The van der Waals surface area contributed by atoms with Gasteiger partial charge in [-0.2, -0.15) is 0 Å². The van der Waals surface area contributed by atoms with Crippen molar-refractivity contribution in [1.29, 1.82) is 0 Å². The van der Waals surface area contributed by atoms with Crippen molar-refractivity contribution in [3.8, 4) is 0 Å². The second-order valence-electron chi connectivity index (χ2n) is 24.3. The van der Waals surface area contributed by atoms with Crippen LogP contribution < -0.4 is 5.32 Å². The number of aliphatic hydroxyl groups excluding tert-OH is 11. The van der Waals surface area contributed by atoms with E-state index in [0.717, 1.165) is 57.8 Å². The summed E-state index contributed by atoms with van der Waals surface area (Å²) in [5.41, 5.74) is 0. The maximum atomic E-state index is 13.3. The lowest BCUT2D eigenvalue weighted by molar-refractivity contribution is -0.379. The van der Waals surface area contributed by atoms with Crippen LogP contribution in [-0.4, -0.2) is 193 Å². The summed E-state index contributed by atoms with van der Waals surface area (Å²) in [7, 11) is 0. The molecule has 0 saturated carbocycles. The van der Waals surface area contributed by atoms with Crippen LogP contribution in [0.3, 0.4) is 0 Å². The zero-order valence-corrected chi connectivity index (χ0v) is 51.0. The van der Waals surface area contributed by atoms with Crippen molar-refractivity contribution >= 4 is 5.91 Å². The highest BCUT2D eigenvalue weighted by molar-refractivity contribution is 5.76. The molecule has 0 bridgehead atoms. The molecule has 1 amide bonds. The topological polar surface area (TPSA) is 307 Å². The number of nitrogens with one attached hydrogen (secondary N) is 1. The molecule has 0 radical (unpaired) electrons. The van der Waals surface area contributed by atoms with Gasteiger partial charge in [-0.1, -0.05) is 245 Å². The van der Waals surface area contributed by atoms with Gasteiger partial charge < -0.3 is 89.9 Å². The van der Waals surface area contributed by atoms with Gasteiger partial charge in [0.1, 0.15) is 73.2 Å². The molecule has 0 aromatic carbocycles. The van der Waals surface area contributed by atoms with Crippen molar-refractivity contribution in [2.24, 2.45) is 0 Å². The SMILES string of the molecule is CCCCCCCCCCCCCCCCCCCCCCCCCCCCCCCCC(=O)NC(COC1OC(CO)C(OC2OC(CO)C(OC3OC(CO)C(O)C(O)C3O)C(O)C2O)C(O)C1O)C(O)CCCCCCCCC. The molecule has 12 N–H and O–H groups in total. The van der Waals surface area contributed by atoms with Crippen LogP contribution in [0, 0.1) is 0 Å². The van der Waals surface area contributed by atoms with Gasteiger partial charge in [-0.25, -0.2) is 0 Å². The van der Waals surface area contributed by atoms with Crippen molar-refractivity contribution in [2.75, 3.05) is 26.4 Å². The molecule has 0 spiro atoms. The average molecular weight is 1180 g/mol. The van der Waals surface area contributed by atoms with Crippen LogP contribution in [0.15, 0.2) is 0 Å². The van der Waals surface area contributed by atoms with Crippen molar-refractivity contribution in [3.63, 3.8) is 0 Å². The van der Waals surface area contributed by atoms with Gasteiger partial charge in [-0.3, -0.25) is 4.79 Å². The molecule has 3 fully saturated rings. The smallest absolute Gasteiger partial charge is 0.220 e. The summed E-state index contributed by atoms with van der Waals surface area (Å²) in [5.74, 6) is -0.241. The Morgan fingerprint density at radius 1 is 0.390 bits per heavy atom. The third-order valence-electron chi connectivity index (χ3n) is 17.2. The molecule has 17 unspecified atom stereocenters. The maximum absolute atomic E-state index is 13.3. The minimum atomic E-state index is -1.97. The van der Waals surface area contributed by atoms with Crippen LogP contribution in [0.5, 0.6) is 0 Å². The molecule has 19 nitrogen and oxygen atoms in total. The quantitative estimate of drug-likeness (QED) is 0.0262. The van der Waals surface area contributed by atoms with E-state index in [1.54, 1.807) is 0 Å². The molecule has 3 rings (SSSR count). The Balaban J connectivity index is 1.31. The summed E-state index contributed by atoms with van der Waals surface area (Å²) in [6, 6.07) is -0.878. The highest BCUT2D eigenvalue weighted by Gasteiger charge is 2.53. The Kier molecular flexibility index (Phi) is 42.9. The first-order valence-corrected chi connectivity index (χ1v) is 33.3. The number of ether oxygens (including phenoxy) is 6. The molecule has 3 aliphatic rings. The third kappa shape index (κ3) is 29.7. The van der Waals surface area contributed by atoms with Crippen LogP contribution in [0.25, 0.3) is 0 Å². The van der Waals surface area contributed by atoms with Gasteiger partial charge in [0.15, 0.2) is 18.9 Å². The van der Waals surface area contributed by atoms with E-state index < -0.39 is 124 Å². The summed E-state index contributed by atoms with van der Waals surface area (Å²) in [5, 5.41) is 120. The zero-order valence-electron chi connectivity index (χ0n) is 51.0. The Morgan fingerprint density at radius 3 is 1.06 bits per heavy atom. The lowest BCUT2D eigenvalue weighted by atomic mass is 9.96. The van der Waals surface area contributed by atoms with Gasteiger partial charge in [0.2, 0.25) is 5.91 Å². The minimum Gasteiger partial charge on any atom is -0.394 e. The second-order valence-corrected chi connectivity index (χ2v) is 24.3. The molecule has 0 aromatic rings. The van der Waals surface area contributed by atoms with Crippen molar-refractivity contribution in [1.82, 2.24) is 5.32 Å². The molecule has 82 heavy (non-hydrogen) atoms. The number of hydrogen-bond donors (Lipinski definition) is 12. The Morgan fingerprint density at radius 2 is 0.695 bits per heavy atom. The molecule has 3 aliphatic heterocycles. The first kappa shape index (κ1) is 75.0. The minimum absolute atomic E-state index is 0.241. The first-order chi connectivity index (χ1) is 39.8. The second kappa shape index (κ2) is 46.9.